The van der Waals surface area contributed by atoms with Crippen LogP contribution in [-0.2, 0) is 29.0 Å². The molecule has 0 N–H and O–H groups in total. The van der Waals surface area contributed by atoms with Crippen LogP contribution in [0.25, 0.3) is 0 Å². The molecule has 0 saturated carbocycles. The second-order valence-corrected chi connectivity index (χ2v) is 7.78. The monoisotopic (exact) mass is 383 g/mol. The smallest absolute Gasteiger partial charge is 0.313 e. The van der Waals surface area contributed by atoms with E-state index < -0.39 is 5.41 Å². The van der Waals surface area contributed by atoms with Crippen LogP contribution in [0.1, 0.15) is 50.9 Å². The van der Waals surface area contributed by atoms with Gasteiger partial charge in [-0.2, -0.15) is 0 Å². The van der Waals surface area contributed by atoms with Gasteiger partial charge in [0.1, 0.15) is 5.82 Å². The normalized spacial score (nSPS) is 20.2. The number of likely N-dealkylation sites (tertiary alicyclic amines) is 1. The van der Waals surface area contributed by atoms with Gasteiger partial charge in [0.05, 0.1) is 18.6 Å². The van der Waals surface area contributed by atoms with E-state index in [-0.39, 0.29) is 5.97 Å². The average Bonchev–Trinajstić information content (AvgIpc) is 3.16. The number of ether oxygens (including phenoxy) is 1. The summed E-state index contributed by atoms with van der Waals surface area (Å²) < 4.78 is 7.71. The number of benzene rings is 1. The SMILES string of the molecule is CCOC(=O)C1(CCCc2ccccc2)CCCN(Cc2nccn2CC)C1. The Bertz CT molecular complexity index is 743. The van der Waals surface area contributed by atoms with Crippen LogP contribution >= 0.6 is 0 Å². The Morgan fingerprint density at radius 1 is 1.25 bits per heavy atom. The van der Waals surface area contributed by atoms with Gasteiger partial charge in [-0.25, -0.2) is 4.98 Å². The Morgan fingerprint density at radius 2 is 2.07 bits per heavy atom. The summed E-state index contributed by atoms with van der Waals surface area (Å²) >= 11 is 0. The van der Waals surface area contributed by atoms with Crippen LogP contribution < -0.4 is 0 Å². The van der Waals surface area contributed by atoms with Crippen molar-refractivity contribution in [1.29, 1.82) is 0 Å². The van der Waals surface area contributed by atoms with Gasteiger partial charge in [-0.15, -0.1) is 0 Å². The molecular formula is C23H33N3O2. The minimum absolute atomic E-state index is 0.0217. The number of imidazole rings is 1. The van der Waals surface area contributed by atoms with Gasteiger partial charge >= 0.3 is 5.97 Å². The minimum Gasteiger partial charge on any atom is -0.466 e. The fourth-order valence-corrected chi connectivity index (χ4v) is 4.37. The average molecular weight is 384 g/mol. The third kappa shape index (κ3) is 5.02. The van der Waals surface area contributed by atoms with Crippen molar-refractivity contribution in [3.05, 3.63) is 54.1 Å². The summed E-state index contributed by atoms with van der Waals surface area (Å²) in [6, 6.07) is 10.5. The molecule has 5 heteroatoms. The van der Waals surface area contributed by atoms with Crippen LogP contribution in [0, 0.1) is 5.41 Å². The van der Waals surface area contributed by atoms with E-state index in [9.17, 15) is 4.79 Å². The first-order valence-corrected chi connectivity index (χ1v) is 10.6. The number of carbonyl (C=O) groups excluding carboxylic acids is 1. The first-order chi connectivity index (χ1) is 13.7. The van der Waals surface area contributed by atoms with E-state index in [1.165, 1.54) is 5.56 Å². The summed E-state index contributed by atoms with van der Waals surface area (Å²) in [5.74, 6) is 1.05. The second-order valence-electron chi connectivity index (χ2n) is 7.78. The topological polar surface area (TPSA) is 47.4 Å². The zero-order chi connectivity index (χ0) is 19.8. The van der Waals surface area contributed by atoms with Crippen molar-refractivity contribution in [1.82, 2.24) is 14.5 Å². The van der Waals surface area contributed by atoms with Gasteiger partial charge in [0.2, 0.25) is 0 Å². The minimum atomic E-state index is -0.396. The van der Waals surface area contributed by atoms with E-state index in [1.807, 2.05) is 25.4 Å². The summed E-state index contributed by atoms with van der Waals surface area (Å²) in [6.07, 6.45) is 8.71. The summed E-state index contributed by atoms with van der Waals surface area (Å²) in [5.41, 5.74) is 0.936. The van der Waals surface area contributed by atoms with Gasteiger partial charge in [-0.3, -0.25) is 9.69 Å². The molecule has 0 bridgehead atoms. The summed E-state index contributed by atoms with van der Waals surface area (Å²) in [5, 5.41) is 0. The maximum absolute atomic E-state index is 13.0. The van der Waals surface area contributed by atoms with Crippen molar-refractivity contribution in [3.63, 3.8) is 0 Å². The van der Waals surface area contributed by atoms with Crippen LogP contribution in [0.3, 0.4) is 0 Å². The van der Waals surface area contributed by atoms with E-state index in [1.54, 1.807) is 0 Å². The molecule has 3 rings (SSSR count). The first kappa shape index (κ1) is 20.6. The van der Waals surface area contributed by atoms with E-state index in [2.05, 4.69) is 45.6 Å². The third-order valence-electron chi connectivity index (χ3n) is 5.84. The summed E-state index contributed by atoms with van der Waals surface area (Å²) in [7, 11) is 0. The highest BCUT2D eigenvalue weighted by Crippen LogP contribution is 2.37. The molecule has 1 aliphatic heterocycles. The quantitative estimate of drug-likeness (QED) is 0.613. The molecule has 1 aromatic heterocycles. The van der Waals surface area contributed by atoms with Crippen LogP contribution in [0.4, 0.5) is 0 Å². The molecular weight excluding hydrogens is 350 g/mol. The highest BCUT2D eigenvalue weighted by Gasteiger charge is 2.43. The van der Waals surface area contributed by atoms with Crippen molar-refractivity contribution in [2.24, 2.45) is 5.41 Å². The number of nitrogens with zero attached hydrogens (tertiary/aromatic N) is 3. The maximum Gasteiger partial charge on any atom is 0.313 e. The zero-order valence-electron chi connectivity index (χ0n) is 17.3. The van der Waals surface area contributed by atoms with Crippen LogP contribution in [-0.4, -0.2) is 40.1 Å². The second kappa shape index (κ2) is 9.87. The van der Waals surface area contributed by atoms with Crippen LogP contribution in [0.5, 0.6) is 0 Å². The molecule has 1 aliphatic rings. The number of hydrogen-bond acceptors (Lipinski definition) is 4. The fourth-order valence-electron chi connectivity index (χ4n) is 4.37. The van der Waals surface area contributed by atoms with E-state index >= 15 is 0 Å². The number of aryl methyl sites for hydroxylation is 2. The standard InChI is InChI=1S/C23H33N3O2/c1-3-26-17-15-24-21(26)18-25-16-9-14-23(19-25,22(27)28-4-2)13-8-12-20-10-6-5-7-11-20/h5-7,10-11,15,17H,3-4,8-9,12-14,16,18-19H2,1-2H3. The molecule has 1 saturated heterocycles. The molecule has 1 fully saturated rings. The van der Waals surface area contributed by atoms with Gasteiger partial charge < -0.3 is 9.30 Å². The lowest BCUT2D eigenvalue weighted by Crippen LogP contribution is -2.48. The predicted octanol–water partition coefficient (Wildman–Crippen LogP) is 4.07. The van der Waals surface area contributed by atoms with Gasteiger partial charge in [0.15, 0.2) is 0 Å². The van der Waals surface area contributed by atoms with Gasteiger partial charge in [0.25, 0.3) is 0 Å². The molecule has 152 valence electrons. The molecule has 1 atom stereocenters. The molecule has 1 aromatic carbocycles. The number of carbonyl (C=O) groups is 1. The number of esters is 1. The largest absolute Gasteiger partial charge is 0.466 e. The van der Waals surface area contributed by atoms with Gasteiger partial charge in [-0.1, -0.05) is 30.3 Å². The molecule has 2 aromatic rings. The fraction of sp³-hybridized carbons (Fsp3) is 0.565. The van der Waals surface area contributed by atoms with Gasteiger partial charge in [-0.05, 0) is 58.1 Å². The lowest BCUT2D eigenvalue weighted by atomic mass is 9.75. The maximum atomic E-state index is 13.0. The molecule has 28 heavy (non-hydrogen) atoms. The van der Waals surface area contributed by atoms with Crippen molar-refractivity contribution in [2.45, 2.75) is 59.0 Å². The van der Waals surface area contributed by atoms with Crippen molar-refractivity contribution >= 4 is 5.97 Å². The van der Waals surface area contributed by atoms with Crippen LogP contribution in [0.2, 0.25) is 0 Å². The molecule has 0 amide bonds. The third-order valence-corrected chi connectivity index (χ3v) is 5.84. The summed E-state index contributed by atoms with van der Waals surface area (Å²) in [6.45, 7) is 7.96. The lowest BCUT2D eigenvalue weighted by molar-refractivity contribution is -0.160. The predicted molar refractivity (Wildman–Crippen MR) is 111 cm³/mol. The Labute approximate surface area is 168 Å². The Balaban J connectivity index is 1.68. The molecule has 0 aliphatic carbocycles. The van der Waals surface area contributed by atoms with Crippen molar-refractivity contribution in [2.75, 3.05) is 19.7 Å². The highest BCUT2D eigenvalue weighted by molar-refractivity contribution is 5.77. The Morgan fingerprint density at radius 3 is 2.82 bits per heavy atom. The molecule has 0 radical (unpaired) electrons. The van der Waals surface area contributed by atoms with Crippen LogP contribution in [0.15, 0.2) is 42.7 Å². The van der Waals surface area contributed by atoms with E-state index in [0.29, 0.717) is 6.61 Å². The molecule has 5 nitrogen and oxygen atoms in total. The number of piperidine rings is 1. The zero-order valence-corrected chi connectivity index (χ0v) is 17.3. The Hall–Kier alpha value is -2.14. The number of rotatable bonds is 9. The number of hydrogen-bond donors (Lipinski definition) is 0. The molecule has 1 unspecified atom stereocenters. The van der Waals surface area contributed by atoms with E-state index in [0.717, 1.165) is 64.1 Å². The number of aromatic nitrogens is 2. The van der Waals surface area contributed by atoms with Crippen molar-refractivity contribution in [3.8, 4) is 0 Å². The molecule has 2 heterocycles. The van der Waals surface area contributed by atoms with E-state index in [4.69, 9.17) is 4.74 Å². The molecule has 0 spiro atoms. The lowest BCUT2D eigenvalue weighted by Gasteiger charge is -2.41. The van der Waals surface area contributed by atoms with Crippen molar-refractivity contribution < 1.29 is 9.53 Å². The first-order valence-electron chi connectivity index (χ1n) is 10.6. The highest BCUT2D eigenvalue weighted by atomic mass is 16.5. The summed E-state index contributed by atoms with van der Waals surface area (Å²) in [4.78, 5) is 19.9. The van der Waals surface area contributed by atoms with Gasteiger partial charge in [0, 0.05) is 25.5 Å². The Kier molecular flexibility index (Phi) is 7.26.